The van der Waals surface area contributed by atoms with Gasteiger partial charge in [-0.25, -0.2) is 13.1 Å². The molecule has 0 aliphatic carbocycles. The SMILES string of the molecule is O=C(O)C[C@H](CNS(=O)(=O)c1ccc(I)cc1)c1ccccc1. The quantitative estimate of drug-likeness (QED) is 0.643. The zero-order chi connectivity index (χ0) is 16.9. The molecule has 7 heteroatoms. The predicted molar refractivity (Wildman–Crippen MR) is 95.8 cm³/mol. The number of carboxylic acid groups (broad SMARTS) is 1. The molecule has 0 saturated heterocycles. The van der Waals surface area contributed by atoms with E-state index in [0.29, 0.717) is 0 Å². The molecule has 0 heterocycles. The molecule has 0 fully saturated rings. The van der Waals surface area contributed by atoms with Crippen molar-refractivity contribution in [2.45, 2.75) is 17.2 Å². The molecule has 1 atom stereocenters. The number of hydrogen-bond acceptors (Lipinski definition) is 3. The summed E-state index contributed by atoms with van der Waals surface area (Å²) < 4.78 is 28.1. The molecule has 122 valence electrons. The summed E-state index contributed by atoms with van der Waals surface area (Å²) in [5.74, 6) is -1.39. The van der Waals surface area contributed by atoms with Crippen molar-refractivity contribution in [3.8, 4) is 0 Å². The van der Waals surface area contributed by atoms with Crippen molar-refractivity contribution in [3.05, 3.63) is 63.7 Å². The lowest BCUT2D eigenvalue weighted by molar-refractivity contribution is -0.137. The number of carboxylic acids is 1. The van der Waals surface area contributed by atoms with Crippen molar-refractivity contribution in [1.29, 1.82) is 0 Å². The number of sulfonamides is 1. The number of nitrogens with one attached hydrogen (secondary N) is 1. The van der Waals surface area contributed by atoms with Crippen molar-refractivity contribution < 1.29 is 18.3 Å². The molecule has 0 aliphatic heterocycles. The van der Waals surface area contributed by atoms with Gasteiger partial charge in [0.15, 0.2) is 0 Å². The van der Waals surface area contributed by atoms with Gasteiger partial charge in [-0.1, -0.05) is 30.3 Å². The Bertz CT molecular complexity index is 760. The first-order chi connectivity index (χ1) is 10.9. The smallest absolute Gasteiger partial charge is 0.304 e. The first-order valence-electron chi connectivity index (χ1n) is 6.90. The van der Waals surface area contributed by atoms with Gasteiger partial charge in [0.1, 0.15) is 0 Å². The summed E-state index contributed by atoms with van der Waals surface area (Å²) >= 11 is 2.10. The third kappa shape index (κ3) is 5.29. The summed E-state index contributed by atoms with van der Waals surface area (Å²) in [6.07, 6.45) is -0.140. The Labute approximate surface area is 148 Å². The Morgan fingerprint density at radius 1 is 1.09 bits per heavy atom. The van der Waals surface area contributed by atoms with E-state index in [-0.39, 0.29) is 17.9 Å². The van der Waals surface area contributed by atoms with Crippen LogP contribution in [0.15, 0.2) is 59.5 Å². The monoisotopic (exact) mass is 445 g/mol. The molecule has 0 unspecified atom stereocenters. The van der Waals surface area contributed by atoms with Gasteiger partial charge in [-0.15, -0.1) is 0 Å². The molecule has 0 aliphatic rings. The first kappa shape index (κ1) is 17.9. The Balaban J connectivity index is 2.14. The maximum atomic E-state index is 12.3. The van der Waals surface area contributed by atoms with E-state index in [2.05, 4.69) is 27.3 Å². The minimum Gasteiger partial charge on any atom is -0.481 e. The van der Waals surface area contributed by atoms with Crippen LogP contribution in [0.4, 0.5) is 0 Å². The largest absolute Gasteiger partial charge is 0.481 e. The Hall–Kier alpha value is -1.45. The van der Waals surface area contributed by atoms with Gasteiger partial charge in [0.25, 0.3) is 0 Å². The molecular weight excluding hydrogens is 429 g/mol. The van der Waals surface area contributed by atoms with Crippen LogP contribution in [0.25, 0.3) is 0 Å². The van der Waals surface area contributed by atoms with Gasteiger partial charge >= 0.3 is 5.97 Å². The summed E-state index contributed by atoms with van der Waals surface area (Å²) in [6, 6.07) is 15.5. The Morgan fingerprint density at radius 2 is 1.70 bits per heavy atom. The van der Waals surface area contributed by atoms with Crippen molar-refractivity contribution in [2.75, 3.05) is 6.54 Å². The molecule has 0 saturated carbocycles. The average molecular weight is 445 g/mol. The normalized spacial score (nSPS) is 12.7. The molecule has 5 nitrogen and oxygen atoms in total. The maximum absolute atomic E-state index is 12.3. The Kier molecular flexibility index (Phi) is 6.14. The van der Waals surface area contributed by atoms with Gasteiger partial charge in [-0.3, -0.25) is 4.79 Å². The van der Waals surface area contributed by atoms with E-state index in [1.165, 1.54) is 12.1 Å². The minimum atomic E-state index is -3.66. The van der Waals surface area contributed by atoms with Gasteiger partial charge < -0.3 is 5.11 Å². The summed E-state index contributed by atoms with van der Waals surface area (Å²) in [6.45, 7) is 0.0324. The van der Waals surface area contributed by atoms with E-state index in [0.717, 1.165) is 9.13 Å². The van der Waals surface area contributed by atoms with Gasteiger partial charge in [0.05, 0.1) is 11.3 Å². The van der Waals surface area contributed by atoms with E-state index < -0.39 is 21.9 Å². The number of rotatable bonds is 7. The van der Waals surface area contributed by atoms with Crippen molar-refractivity contribution in [2.24, 2.45) is 0 Å². The van der Waals surface area contributed by atoms with Gasteiger partial charge in [-0.2, -0.15) is 0 Å². The summed E-state index contributed by atoms with van der Waals surface area (Å²) in [5.41, 5.74) is 0.792. The highest BCUT2D eigenvalue weighted by atomic mass is 127. The zero-order valence-electron chi connectivity index (χ0n) is 12.1. The molecule has 0 bridgehead atoms. The topological polar surface area (TPSA) is 83.5 Å². The second kappa shape index (κ2) is 7.89. The predicted octanol–water partition coefficient (Wildman–Crippen LogP) is 2.83. The fourth-order valence-electron chi connectivity index (χ4n) is 2.15. The lowest BCUT2D eigenvalue weighted by Gasteiger charge is -2.16. The summed E-state index contributed by atoms with van der Waals surface area (Å²) in [5, 5.41) is 9.04. The highest BCUT2D eigenvalue weighted by molar-refractivity contribution is 14.1. The molecule has 2 rings (SSSR count). The molecule has 0 aromatic heterocycles. The van der Waals surface area contributed by atoms with Crippen molar-refractivity contribution in [3.63, 3.8) is 0 Å². The lowest BCUT2D eigenvalue weighted by atomic mass is 9.96. The van der Waals surface area contributed by atoms with E-state index in [9.17, 15) is 13.2 Å². The molecule has 0 spiro atoms. The van der Waals surface area contributed by atoms with Crippen LogP contribution in [0.2, 0.25) is 0 Å². The van der Waals surface area contributed by atoms with Crippen LogP contribution in [0.1, 0.15) is 17.9 Å². The van der Waals surface area contributed by atoms with Crippen LogP contribution < -0.4 is 4.72 Å². The fourth-order valence-corrected chi connectivity index (χ4v) is 3.59. The molecular formula is C16H16INO4S. The fraction of sp³-hybridized carbons (Fsp3) is 0.188. The van der Waals surface area contributed by atoms with Crippen LogP contribution in [-0.4, -0.2) is 26.0 Å². The molecule has 0 amide bonds. The average Bonchev–Trinajstić information content (AvgIpc) is 2.52. The van der Waals surface area contributed by atoms with Gasteiger partial charge in [0.2, 0.25) is 10.0 Å². The van der Waals surface area contributed by atoms with E-state index >= 15 is 0 Å². The zero-order valence-corrected chi connectivity index (χ0v) is 15.1. The van der Waals surface area contributed by atoms with Crippen LogP contribution in [-0.2, 0) is 14.8 Å². The van der Waals surface area contributed by atoms with Crippen LogP contribution in [0, 0.1) is 3.57 Å². The second-order valence-electron chi connectivity index (χ2n) is 5.01. The van der Waals surface area contributed by atoms with Gasteiger partial charge in [0, 0.05) is 16.0 Å². The van der Waals surface area contributed by atoms with E-state index in [4.69, 9.17) is 5.11 Å². The molecule has 0 radical (unpaired) electrons. The molecule has 23 heavy (non-hydrogen) atoms. The standard InChI is InChI=1S/C16H16INO4S/c17-14-6-8-15(9-7-14)23(21,22)18-11-13(10-16(19)20)12-4-2-1-3-5-12/h1-9,13,18H,10-11H2,(H,19,20)/t13-/m1/s1. The van der Waals surface area contributed by atoms with E-state index in [1.807, 2.05) is 6.07 Å². The molecule has 2 N–H and O–H groups in total. The second-order valence-corrected chi connectivity index (χ2v) is 8.02. The highest BCUT2D eigenvalue weighted by Crippen LogP contribution is 2.20. The minimum absolute atomic E-state index is 0.0324. The van der Waals surface area contributed by atoms with Gasteiger partial charge in [-0.05, 0) is 52.4 Å². The highest BCUT2D eigenvalue weighted by Gasteiger charge is 2.20. The van der Waals surface area contributed by atoms with Crippen LogP contribution in [0.5, 0.6) is 0 Å². The van der Waals surface area contributed by atoms with Crippen molar-refractivity contribution >= 4 is 38.6 Å². The molecule has 2 aromatic rings. The third-order valence-corrected chi connectivity index (χ3v) is 5.49. The van der Waals surface area contributed by atoms with E-state index in [1.54, 1.807) is 36.4 Å². The number of hydrogen-bond donors (Lipinski definition) is 2. The maximum Gasteiger partial charge on any atom is 0.304 e. The van der Waals surface area contributed by atoms with Crippen molar-refractivity contribution in [1.82, 2.24) is 4.72 Å². The summed E-state index contributed by atoms with van der Waals surface area (Å²) in [7, 11) is -3.66. The first-order valence-corrected chi connectivity index (χ1v) is 9.46. The third-order valence-electron chi connectivity index (χ3n) is 3.34. The lowest BCUT2D eigenvalue weighted by Crippen LogP contribution is -2.29. The number of halogens is 1. The Morgan fingerprint density at radius 3 is 2.26 bits per heavy atom. The number of carbonyl (C=O) groups is 1. The van der Waals surface area contributed by atoms with Crippen LogP contribution in [0.3, 0.4) is 0 Å². The van der Waals surface area contributed by atoms with Crippen LogP contribution >= 0.6 is 22.6 Å². The number of benzene rings is 2. The summed E-state index contributed by atoms with van der Waals surface area (Å²) in [4.78, 5) is 11.2. The molecule has 2 aromatic carbocycles. The number of aliphatic carboxylic acids is 1.